The summed E-state index contributed by atoms with van der Waals surface area (Å²) in [4.78, 5) is 14.3. The summed E-state index contributed by atoms with van der Waals surface area (Å²) in [6.45, 7) is 5.91. The maximum absolute atomic E-state index is 12.0. The smallest absolute Gasteiger partial charge is 0.274 e. The normalized spacial score (nSPS) is 11.7. The standard InChI is InChI=1S/C15H18N2O2S/c1-4-5-13(14-7-6-10(2)20-14)16-17-15(18)12-8-9-19-11(12)3/h6-9H,4-5H2,1-3H3,(H,17,18). The van der Waals surface area contributed by atoms with Gasteiger partial charge in [0.05, 0.1) is 22.4 Å². The molecule has 5 heteroatoms. The van der Waals surface area contributed by atoms with Crippen molar-refractivity contribution in [1.82, 2.24) is 5.43 Å². The molecule has 106 valence electrons. The third kappa shape index (κ3) is 3.36. The van der Waals surface area contributed by atoms with Crippen LogP contribution in [0.4, 0.5) is 0 Å². The SMILES string of the molecule is CCCC(=NNC(=O)c1ccoc1C)c1ccc(C)s1. The van der Waals surface area contributed by atoms with Crippen molar-refractivity contribution in [3.05, 3.63) is 45.5 Å². The summed E-state index contributed by atoms with van der Waals surface area (Å²) in [5.74, 6) is 0.361. The highest BCUT2D eigenvalue weighted by molar-refractivity contribution is 7.14. The van der Waals surface area contributed by atoms with Crippen molar-refractivity contribution in [3.8, 4) is 0 Å². The Kier molecular flexibility index (Phi) is 4.74. The number of hydrogen-bond acceptors (Lipinski definition) is 4. The molecule has 1 amide bonds. The number of furan rings is 1. The highest BCUT2D eigenvalue weighted by atomic mass is 32.1. The van der Waals surface area contributed by atoms with E-state index in [-0.39, 0.29) is 5.91 Å². The van der Waals surface area contributed by atoms with E-state index in [1.54, 1.807) is 24.3 Å². The van der Waals surface area contributed by atoms with Crippen LogP contribution in [0.25, 0.3) is 0 Å². The lowest BCUT2D eigenvalue weighted by atomic mass is 10.2. The molecule has 0 radical (unpaired) electrons. The first-order chi connectivity index (χ1) is 9.61. The van der Waals surface area contributed by atoms with Crippen LogP contribution in [0.5, 0.6) is 0 Å². The lowest BCUT2D eigenvalue weighted by Gasteiger charge is -2.03. The molecule has 4 nitrogen and oxygen atoms in total. The van der Waals surface area contributed by atoms with E-state index in [1.165, 1.54) is 11.1 Å². The molecule has 2 rings (SSSR count). The first-order valence-corrected chi connectivity index (χ1v) is 7.41. The zero-order valence-electron chi connectivity index (χ0n) is 11.9. The molecule has 0 aliphatic rings. The van der Waals surface area contributed by atoms with E-state index in [2.05, 4.69) is 30.4 Å². The third-order valence-corrected chi connectivity index (χ3v) is 3.96. The molecule has 0 fully saturated rings. The molecule has 0 atom stereocenters. The van der Waals surface area contributed by atoms with E-state index >= 15 is 0 Å². The number of rotatable bonds is 5. The van der Waals surface area contributed by atoms with Gasteiger partial charge in [-0.05, 0) is 38.5 Å². The van der Waals surface area contributed by atoms with Gasteiger partial charge in [0, 0.05) is 4.88 Å². The van der Waals surface area contributed by atoms with E-state index < -0.39 is 0 Å². The van der Waals surface area contributed by atoms with Crippen LogP contribution in [0.15, 0.2) is 34.0 Å². The number of carbonyl (C=O) groups is 1. The van der Waals surface area contributed by atoms with Crippen molar-refractivity contribution in [3.63, 3.8) is 0 Å². The first-order valence-electron chi connectivity index (χ1n) is 6.59. The quantitative estimate of drug-likeness (QED) is 0.671. The molecule has 2 aromatic heterocycles. The van der Waals surface area contributed by atoms with Crippen LogP contribution in [-0.2, 0) is 0 Å². The Balaban J connectivity index is 2.14. The molecule has 1 N–H and O–H groups in total. The molecule has 0 spiro atoms. The Morgan fingerprint density at radius 3 is 2.70 bits per heavy atom. The van der Waals surface area contributed by atoms with E-state index in [9.17, 15) is 4.79 Å². The van der Waals surface area contributed by atoms with Crippen LogP contribution in [-0.4, -0.2) is 11.6 Å². The molecular weight excluding hydrogens is 272 g/mol. The van der Waals surface area contributed by atoms with E-state index in [0.29, 0.717) is 11.3 Å². The third-order valence-electron chi connectivity index (χ3n) is 2.91. The summed E-state index contributed by atoms with van der Waals surface area (Å²) >= 11 is 1.69. The van der Waals surface area contributed by atoms with E-state index in [4.69, 9.17) is 4.42 Å². The van der Waals surface area contributed by atoms with Gasteiger partial charge in [0.25, 0.3) is 5.91 Å². The van der Waals surface area contributed by atoms with Gasteiger partial charge in [0.15, 0.2) is 0 Å². The van der Waals surface area contributed by atoms with Crippen LogP contribution in [0.1, 0.15) is 45.6 Å². The molecule has 0 aliphatic heterocycles. The van der Waals surface area contributed by atoms with Crippen molar-refractivity contribution in [2.75, 3.05) is 0 Å². The van der Waals surface area contributed by atoms with E-state index in [0.717, 1.165) is 23.4 Å². The molecule has 0 bridgehead atoms. The van der Waals surface area contributed by atoms with Crippen molar-refractivity contribution in [2.45, 2.75) is 33.6 Å². The Labute approximate surface area is 122 Å². The van der Waals surface area contributed by atoms with Crippen molar-refractivity contribution in [2.24, 2.45) is 5.10 Å². The maximum Gasteiger partial charge on any atom is 0.274 e. The maximum atomic E-state index is 12.0. The highest BCUT2D eigenvalue weighted by Crippen LogP contribution is 2.18. The number of hydrazone groups is 1. The zero-order valence-corrected chi connectivity index (χ0v) is 12.7. The average molecular weight is 290 g/mol. The summed E-state index contributed by atoms with van der Waals surface area (Å²) in [5, 5.41) is 4.28. The monoisotopic (exact) mass is 290 g/mol. The first kappa shape index (κ1) is 14.5. The lowest BCUT2D eigenvalue weighted by Crippen LogP contribution is -2.20. The van der Waals surface area contributed by atoms with Gasteiger partial charge in [-0.2, -0.15) is 5.10 Å². The number of carbonyl (C=O) groups excluding carboxylic acids is 1. The molecule has 0 aliphatic carbocycles. The highest BCUT2D eigenvalue weighted by Gasteiger charge is 2.12. The fourth-order valence-corrected chi connectivity index (χ4v) is 2.74. The second-order valence-corrected chi connectivity index (χ2v) is 5.84. The molecule has 20 heavy (non-hydrogen) atoms. The second kappa shape index (κ2) is 6.52. The number of aryl methyl sites for hydroxylation is 2. The average Bonchev–Trinajstić information content (AvgIpc) is 3.03. The summed E-state index contributed by atoms with van der Waals surface area (Å²) in [6.07, 6.45) is 3.32. The van der Waals surface area contributed by atoms with Crippen LogP contribution < -0.4 is 5.43 Å². The summed E-state index contributed by atoms with van der Waals surface area (Å²) in [6, 6.07) is 5.76. The number of nitrogens with zero attached hydrogens (tertiary/aromatic N) is 1. The van der Waals surface area contributed by atoms with Gasteiger partial charge in [-0.15, -0.1) is 11.3 Å². The van der Waals surface area contributed by atoms with Crippen molar-refractivity contribution >= 4 is 23.0 Å². The Hall–Kier alpha value is -1.88. The number of amides is 1. The predicted octanol–water partition coefficient (Wildman–Crippen LogP) is 3.89. The number of thiophene rings is 1. The van der Waals surface area contributed by atoms with Crippen molar-refractivity contribution in [1.29, 1.82) is 0 Å². The second-order valence-electron chi connectivity index (χ2n) is 4.55. The largest absolute Gasteiger partial charge is 0.469 e. The molecule has 0 saturated heterocycles. The minimum atomic E-state index is -0.238. The predicted molar refractivity (Wildman–Crippen MR) is 81.4 cm³/mol. The topological polar surface area (TPSA) is 54.6 Å². The van der Waals surface area contributed by atoms with Gasteiger partial charge in [-0.25, -0.2) is 5.43 Å². The van der Waals surface area contributed by atoms with Crippen LogP contribution in [0, 0.1) is 13.8 Å². The van der Waals surface area contributed by atoms with Crippen LogP contribution in [0.3, 0.4) is 0 Å². The Morgan fingerprint density at radius 1 is 1.35 bits per heavy atom. The van der Waals surface area contributed by atoms with Gasteiger partial charge in [0.2, 0.25) is 0 Å². The van der Waals surface area contributed by atoms with Gasteiger partial charge in [0.1, 0.15) is 5.76 Å². The summed E-state index contributed by atoms with van der Waals surface area (Å²) in [7, 11) is 0. The zero-order chi connectivity index (χ0) is 14.5. The van der Waals surface area contributed by atoms with Gasteiger partial charge < -0.3 is 4.42 Å². The summed E-state index contributed by atoms with van der Waals surface area (Å²) < 4.78 is 5.12. The minimum Gasteiger partial charge on any atom is -0.469 e. The van der Waals surface area contributed by atoms with Gasteiger partial charge in [-0.3, -0.25) is 4.79 Å². The van der Waals surface area contributed by atoms with Crippen molar-refractivity contribution < 1.29 is 9.21 Å². The van der Waals surface area contributed by atoms with E-state index in [1.807, 2.05) is 6.07 Å². The van der Waals surface area contributed by atoms with Gasteiger partial charge in [-0.1, -0.05) is 13.3 Å². The number of nitrogens with one attached hydrogen (secondary N) is 1. The molecule has 0 saturated carbocycles. The molecule has 2 aromatic rings. The van der Waals surface area contributed by atoms with Crippen LogP contribution >= 0.6 is 11.3 Å². The Bertz CT molecular complexity index is 625. The molecular formula is C15H18N2O2S. The molecule has 0 aromatic carbocycles. The minimum absolute atomic E-state index is 0.238. The molecule has 2 heterocycles. The Morgan fingerprint density at radius 2 is 2.15 bits per heavy atom. The van der Waals surface area contributed by atoms with Crippen LogP contribution in [0.2, 0.25) is 0 Å². The fraction of sp³-hybridized carbons (Fsp3) is 0.333. The lowest BCUT2D eigenvalue weighted by molar-refractivity contribution is 0.0953. The number of hydrogen-bond donors (Lipinski definition) is 1. The summed E-state index contributed by atoms with van der Waals surface area (Å²) in [5.41, 5.74) is 4.05. The van der Waals surface area contributed by atoms with Gasteiger partial charge >= 0.3 is 0 Å². The molecule has 0 unspecified atom stereocenters. The fourth-order valence-electron chi connectivity index (χ4n) is 1.86.